The van der Waals surface area contributed by atoms with Crippen molar-refractivity contribution < 1.29 is 14.5 Å². The molecule has 0 fully saturated rings. The van der Waals surface area contributed by atoms with Crippen molar-refractivity contribution in [2.75, 3.05) is 0 Å². The number of hydrogen-bond acceptors (Lipinski definition) is 5. The Labute approximate surface area is 82.9 Å². The average molecular weight is 210 g/mol. The van der Waals surface area contributed by atoms with E-state index in [2.05, 4.69) is 5.16 Å². The van der Waals surface area contributed by atoms with Crippen LogP contribution in [0, 0.1) is 0 Å². The molecule has 0 bridgehead atoms. The highest BCUT2D eigenvalue weighted by Gasteiger charge is 2.13. The third kappa shape index (κ3) is 1.52. The SMILES string of the molecule is O=C(NO)c1cc(-c2cccs2)no1. The van der Waals surface area contributed by atoms with Crippen LogP contribution in [0.4, 0.5) is 0 Å². The summed E-state index contributed by atoms with van der Waals surface area (Å²) in [5.74, 6) is -0.726. The van der Waals surface area contributed by atoms with Crippen LogP contribution in [0.5, 0.6) is 0 Å². The average Bonchev–Trinajstić information content (AvgIpc) is 2.86. The molecule has 2 aromatic heterocycles. The number of carbonyl (C=O) groups excluding carboxylic acids is 1. The van der Waals surface area contributed by atoms with Crippen LogP contribution in [0.1, 0.15) is 10.6 Å². The maximum Gasteiger partial charge on any atom is 0.313 e. The zero-order valence-corrected chi connectivity index (χ0v) is 7.75. The summed E-state index contributed by atoms with van der Waals surface area (Å²) >= 11 is 1.49. The molecule has 0 atom stereocenters. The Morgan fingerprint density at radius 2 is 2.50 bits per heavy atom. The van der Waals surface area contributed by atoms with Gasteiger partial charge in [-0.1, -0.05) is 11.2 Å². The molecule has 0 radical (unpaired) electrons. The predicted octanol–water partition coefficient (Wildman–Crippen LogP) is 1.52. The molecular weight excluding hydrogens is 204 g/mol. The lowest BCUT2D eigenvalue weighted by Crippen LogP contribution is -2.17. The van der Waals surface area contributed by atoms with Gasteiger partial charge in [-0.3, -0.25) is 10.0 Å². The Morgan fingerprint density at radius 1 is 1.64 bits per heavy atom. The summed E-state index contributed by atoms with van der Waals surface area (Å²) in [5, 5.41) is 13.9. The fourth-order valence-corrected chi connectivity index (χ4v) is 1.66. The van der Waals surface area contributed by atoms with Gasteiger partial charge in [0.05, 0.1) is 4.88 Å². The summed E-state index contributed by atoms with van der Waals surface area (Å²) in [7, 11) is 0. The molecule has 2 aromatic rings. The second-order valence-corrected chi connectivity index (χ2v) is 3.44. The van der Waals surface area contributed by atoms with E-state index in [-0.39, 0.29) is 5.76 Å². The first kappa shape index (κ1) is 8.92. The summed E-state index contributed by atoms with van der Waals surface area (Å²) in [6.45, 7) is 0. The molecule has 72 valence electrons. The normalized spacial score (nSPS) is 10.1. The van der Waals surface area contributed by atoms with Crippen molar-refractivity contribution in [1.29, 1.82) is 0 Å². The standard InChI is InChI=1S/C8H6N2O3S/c11-8(9-12)6-4-5(10-13-6)7-2-1-3-14-7/h1-4,12H,(H,9,11). The molecule has 2 heterocycles. The number of rotatable bonds is 2. The Morgan fingerprint density at radius 3 is 3.14 bits per heavy atom. The van der Waals surface area contributed by atoms with Gasteiger partial charge in [0.25, 0.3) is 0 Å². The number of nitrogens with one attached hydrogen (secondary N) is 1. The van der Waals surface area contributed by atoms with Crippen LogP contribution < -0.4 is 5.48 Å². The van der Waals surface area contributed by atoms with Crippen molar-refractivity contribution in [3.05, 3.63) is 29.3 Å². The Hall–Kier alpha value is -1.66. The van der Waals surface area contributed by atoms with E-state index in [1.165, 1.54) is 22.9 Å². The van der Waals surface area contributed by atoms with E-state index in [0.717, 1.165) is 4.88 Å². The van der Waals surface area contributed by atoms with Crippen LogP contribution in [0.2, 0.25) is 0 Å². The van der Waals surface area contributed by atoms with Crippen LogP contribution in [-0.2, 0) is 0 Å². The summed E-state index contributed by atoms with van der Waals surface area (Å²) in [6, 6.07) is 5.21. The quantitative estimate of drug-likeness (QED) is 0.582. The van der Waals surface area contributed by atoms with Crippen molar-refractivity contribution >= 4 is 17.2 Å². The van der Waals surface area contributed by atoms with Crippen molar-refractivity contribution in [2.24, 2.45) is 0 Å². The van der Waals surface area contributed by atoms with Crippen molar-refractivity contribution in [3.63, 3.8) is 0 Å². The number of nitrogens with zero attached hydrogens (tertiary/aromatic N) is 1. The number of hydrogen-bond donors (Lipinski definition) is 2. The fourth-order valence-electron chi connectivity index (χ4n) is 0.978. The second-order valence-electron chi connectivity index (χ2n) is 2.49. The molecule has 0 aliphatic heterocycles. The zero-order chi connectivity index (χ0) is 9.97. The molecule has 0 aliphatic rings. The topological polar surface area (TPSA) is 75.4 Å². The molecule has 0 saturated carbocycles. The zero-order valence-electron chi connectivity index (χ0n) is 6.93. The molecule has 14 heavy (non-hydrogen) atoms. The first-order valence-electron chi connectivity index (χ1n) is 3.76. The van der Waals surface area contributed by atoms with Gasteiger partial charge in [0.1, 0.15) is 5.69 Å². The highest BCUT2D eigenvalue weighted by atomic mass is 32.1. The molecule has 0 aliphatic carbocycles. The Bertz CT molecular complexity index is 435. The van der Waals surface area contributed by atoms with Gasteiger partial charge < -0.3 is 4.52 Å². The number of carbonyl (C=O) groups is 1. The summed E-state index contributed by atoms with van der Waals surface area (Å²) in [5.41, 5.74) is 2.05. The minimum Gasteiger partial charge on any atom is -0.350 e. The van der Waals surface area contributed by atoms with Crippen LogP contribution in [-0.4, -0.2) is 16.3 Å². The molecule has 0 aromatic carbocycles. The maximum atomic E-state index is 10.9. The minimum atomic E-state index is -0.708. The highest BCUT2D eigenvalue weighted by Crippen LogP contribution is 2.23. The Balaban J connectivity index is 2.31. The molecule has 2 rings (SSSR count). The molecule has 2 N–H and O–H groups in total. The van der Waals surface area contributed by atoms with E-state index in [9.17, 15) is 4.79 Å². The predicted molar refractivity (Wildman–Crippen MR) is 49.1 cm³/mol. The summed E-state index contributed by atoms with van der Waals surface area (Å²) in [6.07, 6.45) is 0. The monoisotopic (exact) mass is 210 g/mol. The van der Waals surface area contributed by atoms with E-state index in [1.54, 1.807) is 0 Å². The van der Waals surface area contributed by atoms with Gasteiger partial charge in [-0.05, 0) is 11.4 Å². The van der Waals surface area contributed by atoms with Gasteiger partial charge >= 0.3 is 5.91 Å². The van der Waals surface area contributed by atoms with Crippen molar-refractivity contribution in [3.8, 4) is 10.6 Å². The van der Waals surface area contributed by atoms with E-state index >= 15 is 0 Å². The molecule has 0 saturated heterocycles. The number of thiophene rings is 1. The van der Waals surface area contributed by atoms with Gasteiger partial charge in [-0.25, -0.2) is 5.48 Å². The third-order valence-corrected chi connectivity index (χ3v) is 2.50. The van der Waals surface area contributed by atoms with Crippen LogP contribution in [0.15, 0.2) is 28.1 Å². The highest BCUT2D eigenvalue weighted by molar-refractivity contribution is 7.13. The third-order valence-electron chi connectivity index (χ3n) is 1.61. The molecule has 6 heteroatoms. The molecule has 5 nitrogen and oxygen atoms in total. The molecular formula is C8H6N2O3S. The summed E-state index contributed by atoms with van der Waals surface area (Å²) in [4.78, 5) is 11.8. The second kappa shape index (κ2) is 3.60. The smallest absolute Gasteiger partial charge is 0.313 e. The molecule has 0 spiro atoms. The Kier molecular flexibility index (Phi) is 2.30. The fraction of sp³-hybridized carbons (Fsp3) is 0. The van der Waals surface area contributed by atoms with Gasteiger partial charge in [-0.2, -0.15) is 0 Å². The number of amides is 1. The lowest BCUT2D eigenvalue weighted by Gasteiger charge is -1.87. The first-order chi connectivity index (χ1) is 6.81. The van der Waals surface area contributed by atoms with E-state index in [4.69, 9.17) is 9.73 Å². The number of hydroxylamine groups is 1. The minimum absolute atomic E-state index is 0.0177. The first-order valence-corrected chi connectivity index (χ1v) is 4.64. The van der Waals surface area contributed by atoms with Gasteiger partial charge in [0.2, 0.25) is 5.76 Å². The van der Waals surface area contributed by atoms with E-state index in [0.29, 0.717) is 5.69 Å². The van der Waals surface area contributed by atoms with Gasteiger partial charge in [0, 0.05) is 6.07 Å². The largest absolute Gasteiger partial charge is 0.350 e. The van der Waals surface area contributed by atoms with Crippen LogP contribution in [0.25, 0.3) is 10.6 Å². The van der Waals surface area contributed by atoms with Crippen molar-refractivity contribution in [1.82, 2.24) is 10.6 Å². The van der Waals surface area contributed by atoms with Gasteiger partial charge in [0.15, 0.2) is 0 Å². The summed E-state index contributed by atoms with van der Waals surface area (Å²) < 4.78 is 4.73. The molecule has 1 amide bonds. The van der Waals surface area contributed by atoms with Crippen LogP contribution >= 0.6 is 11.3 Å². The van der Waals surface area contributed by atoms with E-state index < -0.39 is 5.91 Å². The van der Waals surface area contributed by atoms with Crippen molar-refractivity contribution in [2.45, 2.75) is 0 Å². The number of aromatic nitrogens is 1. The van der Waals surface area contributed by atoms with Crippen LogP contribution in [0.3, 0.4) is 0 Å². The lowest BCUT2D eigenvalue weighted by molar-refractivity contribution is 0.0667. The van der Waals surface area contributed by atoms with Gasteiger partial charge in [-0.15, -0.1) is 11.3 Å². The van der Waals surface area contributed by atoms with E-state index in [1.807, 2.05) is 17.5 Å². The maximum absolute atomic E-state index is 10.9. The lowest BCUT2D eigenvalue weighted by atomic mass is 10.3. The molecule has 0 unspecified atom stereocenters.